The quantitative estimate of drug-likeness (QED) is 0.819. The Morgan fingerprint density at radius 2 is 1.68 bits per heavy atom. The zero-order valence-electron chi connectivity index (χ0n) is 8.75. The Labute approximate surface area is 101 Å². The Kier molecular flexibility index (Phi) is 3.75. The summed E-state index contributed by atoms with van der Waals surface area (Å²) in [6.45, 7) is 0. The Balaban J connectivity index is 3.64. The van der Waals surface area contributed by atoms with Crippen LogP contribution in [0.1, 0.15) is 22.9 Å². The van der Waals surface area contributed by atoms with Crippen molar-refractivity contribution in [3.63, 3.8) is 0 Å². The fourth-order valence-corrected chi connectivity index (χ4v) is 1.35. The summed E-state index contributed by atoms with van der Waals surface area (Å²) in [5, 5.41) is 17.4. The zero-order chi connectivity index (χ0) is 15.0. The maximum absolute atomic E-state index is 12.5. The van der Waals surface area contributed by atoms with E-state index in [1.54, 1.807) is 0 Å². The fraction of sp³-hybridized carbons (Fsp3) is 0.333. The lowest BCUT2D eigenvalue weighted by molar-refractivity contribution is -0.154. The lowest BCUT2D eigenvalue weighted by Crippen LogP contribution is -2.24. The van der Waals surface area contributed by atoms with Gasteiger partial charge in [0.2, 0.25) is 0 Å². The molecule has 0 aromatic carbocycles. The number of halogens is 6. The van der Waals surface area contributed by atoms with Gasteiger partial charge >= 0.3 is 18.3 Å². The molecule has 0 spiro atoms. The Morgan fingerprint density at radius 1 is 1.16 bits per heavy atom. The number of carboxylic acid groups (broad SMARTS) is 1. The van der Waals surface area contributed by atoms with Gasteiger partial charge in [-0.25, -0.2) is 4.79 Å². The fourth-order valence-electron chi connectivity index (χ4n) is 1.35. The summed E-state index contributed by atoms with van der Waals surface area (Å²) in [7, 11) is 0. The summed E-state index contributed by atoms with van der Waals surface area (Å²) in [6, 6.07) is 0.163. The normalized spacial score (nSPS) is 14.3. The minimum Gasteiger partial charge on any atom is -0.479 e. The predicted octanol–water partition coefficient (Wildman–Crippen LogP) is 2.24. The van der Waals surface area contributed by atoms with E-state index < -0.39 is 41.2 Å². The maximum atomic E-state index is 12.5. The molecule has 2 N–H and O–H groups in total. The van der Waals surface area contributed by atoms with Crippen LogP contribution in [0.25, 0.3) is 0 Å². The van der Waals surface area contributed by atoms with Crippen LogP contribution in [0.15, 0.2) is 12.3 Å². The smallest absolute Gasteiger partial charge is 0.433 e. The number of aliphatic hydroxyl groups is 1. The Bertz CT molecular complexity index is 463. The van der Waals surface area contributed by atoms with Gasteiger partial charge in [0, 0.05) is 11.8 Å². The average molecular weight is 289 g/mol. The number of hydrogen-bond acceptors (Lipinski definition) is 3. The van der Waals surface area contributed by atoms with Gasteiger partial charge in [0.15, 0.2) is 11.8 Å². The van der Waals surface area contributed by atoms with Crippen LogP contribution in [0.2, 0.25) is 0 Å². The second kappa shape index (κ2) is 4.68. The predicted molar refractivity (Wildman–Crippen MR) is 46.8 cm³/mol. The monoisotopic (exact) mass is 289 g/mol. The number of rotatable bonds is 2. The molecule has 1 rings (SSSR count). The Morgan fingerprint density at radius 3 is 2.05 bits per heavy atom. The van der Waals surface area contributed by atoms with Crippen molar-refractivity contribution in [3.8, 4) is 0 Å². The van der Waals surface area contributed by atoms with Gasteiger partial charge in [0.05, 0.1) is 5.56 Å². The molecule has 0 aliphatic rings. The van der Waals surface area contributed by atoms with Gasteiger partial charge in [-0.1, -0.05) is 0 Å². The number of pyridine rings is 1. The molecule has 10 heteroatoms. The van der Waals surface area contributed by atoms with Crippen LogP contribution < -0.4 is 0 Å². The molecule has 1 atom stereocenters. The van der Waals surface area contributed by atoms with Crippen LogP contribution >= 0.6 is 0 Å². The molecule has 0 saturated carbocycles. The highest BCUT2D eigenvalue weighted by molar-refractivity contribution is 5.75. The minimum atomic E-state index is -5.33. The number of hydrogen-bond donors (Lipinski definition) is 2. The molecule has 0 radical (unpaired) electrons. The van der Waals surface area contributed by atoms with Crippen molar-refractivity contribution in [1.82, 2.24) is 4.98 Å². The molecule has 1 unspecified atom stereocenters. The third-order valence-electron chi connectivity index (χ3n) is 2.07. The lowest BCUT2D eigenvalue weighted by Gasteiger charge is -2.19. The van der Waals surface area contributed by atoms with Crippen LogP contribution in [0.5, 0.6) is 0 Å². The van der Waals surface area contributed by atoms with E-state index in [0.29, 0.717) is 0 Å². The lowest BCUT2D eigenvalue weighted by atomic mass is 10.00. The zero-order valence-corrected chi connectivity index (χ0v) is 8.75. The van der Waals surface area contributed by atoms with Crippen molar-refractivity contribution in [3.05, 3.63) is 29.1 Å². The van der Waals surface area contributed by atoms with Gasteiger partial charge in [0.25, 0.3) is 0 Å². The van der Waals surface area contributed by atoms with Crippen LogP contribution in [0, 0.1) is 0 Å². The highest BCUT2D eigenvalue weighted by Gasteiger charge is 2.45. The molecule has 0 bridgehead atoms. The summed E-state index contributed by atoms with van der Waals surface area (Å²) < 4.78 is 75.1. The topological polar surface area (TPSA) is 70.4 Å². The van der Waals surface area contributed by atoms with Crippen LogP contribution in [-0.2, 0) is 17.1 Å². The van der Waals surface area contributed by atoms with Gasteiger partial charge in [-0.15, -0.1) is 0 Å². The summed E-state index contributed by atoms with van der Waals surface area (Å²) >= 11 is 0. The molecule has 1 heterocycles. The summed E-state index contributed by atoms with van der Waals surface area (Å²) in [5.74, 6) is -2.25. The van der Waals surface area contributed by atoms with E-state index >= 15 is 0 Å². The molecule has 1 aromatic heterocycles. The number of nitrogens with zero attached hydrogens (tertiary/aromatic N) is 1. The molecule has 1 aromatic rings. The highest BCUT2D eigenvalue weighted by atomic mass is 19.4. The minimum absolute atomic E-state index is 0.163. The van der Waals surface area contributed by atoms with E-state index in [0.717, 1.165) is 0 Å². The van der Waals surface area contributed by atoms with Gasteiger partial charge in [0.1, 0.15) is 0 Å². The molecule has 0 saturated heterocycles. The third kappa shape index (κ3) is 3.13. The molecule has 0 fully saturated rings. The van der Waals surface area contributed by atoms with E-state index in [9.17, 15) is 31.1 Å². The number of aliphatic hydroxyl groups excluding tert-OH is 1. The molecular weight excluding hydrogens is 284 g/mol. The first-order chi connectivity index (χ1) is 8.46. The van der Waals surface area contributed by atoms with E-state index in [-0.39, 0.29) is 12.3 Å². The molecular formula is C9H5F6NO3. The second-order valence-electron chi connectivity index (χ2n) is 3.36. The van der Waals surface area contributed by atoms with Crippen molar-refractivity contribution in [2.45, 2.75) is 18.5 Å². The van der Waals surface area contributed by atoms with Crippen molar-refractivity contribution in [1.29, 1.82) is 0 Å². The van der Waals surface area contributed by atoms with Crippen molar-refractivity contribution < 1.29 is 41.4 Å². The average Bonchev–Trinajstić information content (AvgIpc) is 2.24. The molecule has 106 valence electrons. The molecule has 0 amide bonds. The van der Waals surface area contributed by atoms with Crippen molar-refractivity contribution in [2.75, 3.05) is 0 Å². The summed E-state index contributed by atoms with van der Waals surface area (Å²) in [4.78, 5) is 13.1. The van der Waals surface area contributed by atoms with Gasteiger partial charge < -0.3 is 10.2 Å². The Hall–Kier alpha value is -1.84. The van der Waals surface area contributed by atoms with Crippen molar-refractivity contribution in [2.24, 2.45) is 0 Å². The van der Waals surface area contributed by atoms with E-state index in [2.05, 4.69) is 4.98 Å². The van der Waals surface area contributed by atoms with Gasteiger partial charge in [-0.05, 0) is 6.07 Å². The largest absolute Gasteiger partial charge is 0.479 e. The van der Waals surface area contributed by atoms with E-state index in [1.807, 2.05) is 0 Å². The van der Waals surface area contributed by atoms with Crippen LogP contribution in [0.3, 0.4) is 0 Å². The molecule has 4 nitrogen and oxygen atoms in total. The first kappa shape index (κ1) is 15.2. The first-order valence-electron chi connectivity index (χ1n) is 4.50. The molecule has 19 heavy (non-hydrogen) atoms. The van der Waals surface area contributed by atoms with Gasteiger partial charge in [-0.2, -0.15) is 26.3 Å². The SMILES string of the molecule is O=C(O)C(O)c1c(C(F)(F)F)ccnc1C(F)(F)F. The van der Waals surface area contributed by atoms with Crippen LogP contribution in [-0.4, -0.2) is 21.2 Å². The number of alkyl halides is 6. The van der Waals surface area contributed by atoms with Gasteiger partial charge in [-0.3, -0.25) is 4.98 Å². The standard InChI is InChI=1S/C9H5F6NO3/c10-8(11,12)3-1-2-16-6(9(13,14)15)4(3)5(17)7(18)19/h1-2,5,17H,(H,18,19). The van der Waals surface area contributed by atoms with Crippen molar-refractivity contribution >= 4 is 5.97 Å². The summed E-state index contributed by atoms with van der Waals surface area (Å²) in [5.41, 5.74) is -5.81. The number of aromatic nitrogens is 1. The second-order valence-corrected chi connectivity index (χ2v) is 3.36. The maximum Gasteiger partial charge on any atom is 0.433 e. The number of aliphatic carboxylic acids is 1. The van der Waals surface area contributed by atoms with E-state index in [1.165, 1.54) is 0 Å². The third-order valence-corrected chi connectivity index (χ3v) is 2.07. The summed E-state index contributed by atoms with van der Waals surface area (Å²) in [6.07, 6.45) is -13.3. The number of carboxylic acids is 1. The molecule has 0 aliphatic heterocycles. The van der Waals surface area contributed by atoms with Crippen LogP contribution in [0.4, 0.5) is 26.3 Å². The molecule has 0 aliphatic carbocycles. The first-order valence-corrected chi connectivity index (χ1v) is 4.50. The number of carbonyl (C=O) groups is 1. The highest BCUT2D eigenvalue weighted by Crippen LogP contribution is 2.40. The van der Waals surface area contributed by atoms with E-state index in [4.69, 9.17) is 10.2 Å².